The second kappa shape index (κ2) is 6.61. The Labute approximate surface area is 118 Å². The zero-order valence-corrected chi connectivity index (χ0v) is 11.9. The van der Waals surface area contributed by atoms with Crippen molar-refractivity contribution in [2.75, 3.05) is 6.61 Å². The number of amides is 1. The standard InChI is InChI=1S/C15H20FNO3/c1-10(7-13(19)17-15(2,3)9-18)14(20)11-5-4-6-12(16)8-11/h4-6,8,10,18H,7,9H2,1-3H3,(H,17,19)/t10-/m0/s1. The average molecular weight is 281 g/mol. The zero-order valence-electron chi connectivity index (χ0n) is 11.9. The highest BCUT2D eigenvalue weighted by Gasteiger charge is 2.23. The van der Waals surface area contributed by atoms with Crippen LogP contribution in [0.15, 0.2) is 24.3 Å². The molecule has 20 heavy (non-hydrogen) atoms. The molecule has 4 nitrogen and oxygen atoms in total. The van der Waals surface area contributed by atoms with Gasteiger partial charge in [0.25, 0.3) is 0 Å². The lowest BCUT2D eigenvalue weighted by atomic mass is 9.95. The third-order valence-electron chi connectivity index (χ3n) is 2.92. The molecule has 0 spiro atoms. The lowest BCUT2D eigenvalue weighted by molar-refractivity contribution is -0.123. The monoisotopic (exact) mass is 281 g/mol. The molecular formula is C15H20FNO3. The summed E-state index contributed by atoms with van der Waals surface area (Å²) in [6.07, 6.45) is -0.00121. The van der Waals surface area contributed by atoms with Crippen molar-refractivity contribution >= 4 is 11.7 Å². The Morgan fingerprint density at radius 1 is 1.40 bits per heavy atom. The first kappa shape index (κ1) is 16.3. The number of hydrogen-bond donors (Lipinski definition) is 2. The van der Waals surface area contributed by atoms with Crippen LogP contribution in [0.1, 0.15) is 37.6 Å². The van der Waals surface area contributed by atoms with Gasteiger partial charge in [0.15, 0.2) is 5.78 Å². The fourth-order valence-corrected chi connectivity index (χ4v) is 1.77. The van der Waals surface area contributed by atoms with Crippen LogP contribution in [0.5, 0.6) is 0 Å². The van der Waals surface area contributed by atoms with Gasteiger partial charge in [0.1, 0.15) is 5.82 Å². The van der Waals surface area contributed by atoms with Gasteiger partial charge >= 0.3 is 0 Å². The van der Waals surface area contributed by atoms with E-state index in [1.807, 2.05) is 0 Å². The molecule has 0 radical (unpaired) electrons. The SMILES string of the molecule is C[C@@H](CC(=O)NC(C)(C)CO)C(=O)c1cccc(F)c1. The van der Waals surface area contributed by atoms with Gasteiger partial charge in [-0.05, 0) is 26.0 Å². The first-order valence-electron chi connectivity index (χ1n) is 6.47. The molecule has 0 heterocycles. The highest BCUT2D eigenvalue weighted by Crippen LogP contribution is 2.14. The average Bonchev–Trinajstić information content (AvgIpc) is 2.37. The van der Waals surface area contributed by atoms with Crippen LogP contribution in [-0.4, -0.2) is 28.9 Å². The third-order valence-corrected chi connectivity index (χ3v) is 2.92. The van der Waals surface area contributed by atoms with Crippen LogP contribution in [0.2, 0.25) is 0 Å². The van der Waals surface area contributed by atoms with Crippen LogP contribution in [0, 0.1) is 11.7 Å². The Morgan fingerprint density at radius 2 is 2.05 bits per heavy atom. The van der Waals surface area contributed by atoms with Crippen molar-refractivity contribution in [2.24, 2.45) is 5.92 Å². The Balaban J connectivity index is 2.65. The lowest BCUT2D eigenvalue weighted by Gasteiger charge is -2.24. The molecule has 0 aromatic heterocycles. The predicted molar refractivity (Wildman–Crippen MR) is 73.8 cm³/mol. The van der Waals surface area contributed by atoms with Crippen molar-refractivity contribution in [1.82, 2.24) is 5.32 Å². The number of halogens is 1. The number of rotatable bonds is 6. The summed E-state index contributed by atoms with van der Waals surface area (Å²) in [7, 11) is 0. The number of aliphatic hydroxyl groups is 1. The molecule has 0 fully saturated rings. The number of nitrogens with one attached hydrogen (secondary N) is 1. The maximum atomic E-state index is 13.1. The number of Topliss-reactive ketones (excluding diaryl/α,β-unsaturated/α-hetero) is 1. The normalized spacial score (nSPS) is 12.8. The molecular weight excluding hydrogens is 261 g/mol. The van der Waals surface area contributed by atoms with Gasteiger partial charge in [-0.15, -0.1) is 0 Å². The fraction of sp³-hybridized carbons (Fsp3) is 0.467. The zero-order chi connectivity index (χ0) is 15.3. The summed E-state index contributed by atoms with van der Waals surface area (Å²) in [6, 6.07) is 5.41. The van der Waals surface area contributed by atoms with E-state index in [-0.39, 0.29) is 30.3 Å². The van der Waals surface area contributed by atoms with E-state index in [4.69, 9.17) is 5.11 Å². The molecule has 1 aromatic rings. The molecule has 0 aliphatic heterocycles. The molecule has 0 bridgehead atoms. The third kappa shape index (κ3) is 4.74. The Morgan fingerprint density at radius 3 is 2.60 bits per heavy atom. The number of carbonyl (C=O) groups excluding carboxylic acids is 2. The van der Waals surface area contributed by atoms with Gasteiger partial charge in [0, 0.05) is 17.9 Å². The highest BCUT2D eigenvalue weighted by atomic mass is 19.1. The number of aliphatic hydroxyl groups excluding tert-OH is 1. The van der Waals surface area contributed by atoms with Crippen LogP contribution in [-0.2, 0) is 4.79 Å². The second-order valence-electron chi connectivity index (χ2n) is 5.57. The molecule has 110 valence electrons. The van der Waals surface area contributed by atoms with Gasteiger partial charge in [0.05, 0.1) is 12.1 Å². The van der Waals surface area contributed by atoms with Crippen molar-refractivity contribution in [2.45, 2.75) is 32.7 Å². The van der Waals surface area contributed by atoms with Crippen molar-refractivity contribution in [3.8, 4) is 0 Å². The van der Waals surface area contributed by atoms with Crippen LogP contribution >= 0.6 is 0 Å². The Bertz CT molecular complexity index is 500. The van der Waals surface area contributed by atoms with Crippen molar-refractivity contribution < 1.29 is 19.1 Å². The minimum absolute atomic E-state index is 0.00121. The summed E-state index contributed by atoms with van der Waals surface area (Å²) in [5.74, 6) is -1.62. The van der Waals surface area contributed by atoms with Gasteiger partial charge in [0.2, 0.25) is 5.91 Å². The Hall–Kier alpha value is -1.75. The lowest BCUT2D eigenvalue weighted by Crippen LogP contribution is -2.46. The molecule has 1 atom stereocenters. The van der Waals surface area contributed by atoms with Gasteiger partial charge in [-0.25, -0.2) is 4.39 Å². The van der Waals surface area contributed by atoms with E-state index in [1.165, 1.54) is 18.2 Å². The molecule has 0 aliphatic carbocycles. The quantitative estimate of drug-likeness (QED) is 0.783. The summed E-state index contributed by atoms with van der Waals surface area (Å²) >= 11 is 0. The summed E-state index contributed by atoms with van der Waals surface area (Å²) in [4.78, 5) is 23.9. The molecule has 0 unspecified atom stereocenters. The van der Waals surface area contributed by atoms with Gasteiger partial charge in [-0.2, -0.15) is 0 Å². The topological polar surface area (TPSA) is 66.4 Å². The fourth-order valence-electron chi connectivity index (χ4n) is 1.77. The largest absolute Gasteiger partial charge is 0.394 e. The minimum Gasteiger partial charge on any atom is -0.394 e. The van der Waals surface area contributed by atoms with E-state index in [9.17, 15) is 14.0 Å². The predicted octanol–water partition coefficient (Wildman–Crippen LogP) is 1.92. The summed E-state index contributed by atoms with van der Waals surface area (Å²) in [5.41, 5.74) is -0.467. The molecule has 0 saturated heterocycles. The van der Waals surface area contributed by atoms with Crippen molar-refractivity contribution in [1.29, 1.82) is 0 Å². The van der Waals surface area contributed by atoms with Crippen molar-refractivity contribution in [3.63, 3.8) is 0 Å². The van der Waals surface area contributed by atoms with Crippen LogP contribution in [0.3, 0.4) is 0 Å². The highest BCUT2D eigenvalue weighted by molar-refractivity contribution is 5.99. The molecule has 0 saturated carbocycles. The van der Waals surface area contributed by atoms with E-state index >= 15 is 0 Å². The van der Waals surface area contributed by atoms with Crippen molar-refractivity contribution in [3.05, 3.63) is 35.6 Å². The summed E-state index contributed by atoms with van der Waals surface area (Å²) in [5, 5.41) is 11.7. The number of benzene rings is 1. The first-order chi connectivity index (χ1) is 9.25. The maximum absolute atomic E-state index is 13.1. The summed E-state index contributed by atoms with van der Waals surface area (Å²) < 4.78 is 13.1. The molecule has 0 aliphatic rings. The summed E-state index contributed by atoms with van der Waals surface area (Å²) in [6.45, 7) is 4.80. The number of hydrogen-bond acceptors (Lipinski definition) is 3. The number of ketones is 1. The second-order valence-corrected chi connectivity index (χ2v) is 5.57. The van der Waals surface area contributed by atoms with Crippen LogP contribution in [0.25, 0.3) is 0 Å². The Kier molecular flexibility index (Phi) is 5.39. The molecule has 5 heteroatoms. The van der Waals surface area contributed by atoms with E-state index in [0.717, 1.165) is 6.07 Å². The van der Waals surface area contributed by atoms with Crippen LogP contribution < -0.4 is 5.32 Å². The maximum Gasteiger partial charge on any atom is 0.221 e. The molecule has 1 aromatic carbocycles. The minimum atomic E-state index is -0.724. The smallest absolute Gasteiger partial charge is 0.221 e. The van der Waals surface area contributed by atoms with Gasteiger partial charge in [-0.3, -0.25) is 9.59 Å². The molecule has 1 amide bonds. The van der Waals surface area contributed by atoms with E-state index in [1.54, 1.807) is 20.8 Å². The van der Waals surface area contributed by atoms with E-state index < -0.39 is 17.3 Å². The van der Waals surface area contributed by atoms with E-state index in [2.05, 4.69) is 5.32 Å². The van der Waals surface area contributed by atoms with Gasteiger partial charge in [-0.1, -0.05) is 19.1 Å². The number of carbonyl (C=O) groups is 2. The molecule has 1 rings (SSSR count). The van der Waals surface area contributed by atoms with Gasteiger partial charge < -0.3 is 10.4 Å². The van der Waals surface area contributed by atoms with Crippen LogP contribution in [0.4, 0.5) is 4.39 Å². The molecule has 2 N–H and O–H groups in total. The first-order valence-corrected chi connectivity index (χ1v) is 6.47. The van der Waals surface area contributed by atoms with E-state index in [0.29, 0.717) is 0 Å².